The van der Waals surface area contributed by atoms with Crippen LogP contribution in [0.15, 0.2) is 29.2 Å². The van der Waals surface area contributed by atoms with Crippen LogP contribution in [-0.2, 0) is 6.54 Å². The van der Waals surface area contributed by atoms with Gasteiger partial charge in [0.05, 0.1) is 23.9 Å². The number of nitrogens with zero attached hydrogens (tertiary/aromatic N) is 2. The molecule has 0 fully saturated rings. The van der Waals surface area contributed by atoms with Gasteiger partial charge in [0.15, 0.2) is 0 Å². The lowest BCUT2D eigenvalue weighted by Gasteiger charge is -2.09. The molecule has 0 spiro atoms. The first-order valence-electron chi connectivity index (χ1n) is 4.47. The Balaban J connectivity index is 2.21. The van der Waals surface area contributed by atoms with Crippen LogP contribution < -0.4 is 0 Å². The highest BCUT2D eigenvalue weighted by atomic mass is 32.1. The van der Waals surface area contributed by atoms with E-state index < -0.39 is 6.10 Å². The number of hydrogen-bond donors (Lipinski definition) is 1. The first-order valence-corrected chi connectivity index (χ1v) is 5.42. The molecule has 0 aliphatic carbocycles. The smallest absolute Gasteiger partial charge is 0.0911 e. The monoisotopic (exact) mass is 208 g/mol. The van der Waals surface area contributed by atoms with Crippen LogP contribution in [0.25, 0.3) is 0 Å². The quantitative estimate of drug-likeness (QED) is 0.838. The number of thiazole rings is 1. The third-order valence-corrected chi connectivity index (χ3v) is 2.74. The van der Waals surface area contributed by atoms with Gasteiger partial charge >= 0.3 is 0 Å². The van der Waals surface area contributed by atoms with Crippen molar-refractivity contribution in [3.05, 3.63) is 40.6 Å². The summed E-state index contributed by atoms with van der Waals surface area (Å²) in [4.78, 5) is 4.21. The van der Waals surface area contributed by atoms with Crippen molar-refractivity contribution in [2.45, 2.75) is 19.6 Å². The number of hydrogen-bond acceptors (Lipinski definition) is 3. The van der Waals surface area contributed by atoms with Crippen LogP contribution in [0.5, 0.6) is 0 Å². The Hall–Kier alpha value is -1.13. The highest BCUT2D eigenvalue weighted by Gasteiger charge is 2.07. The molecule has 0 aliphatic heterocycles. The number of aromatic nitrogens is 2. The van der Waals surface area contributed by atoms with Crippen molar-refractivity contribution in [3.63, 3.8) is 0 Å². The predicted octanol–water partition coefficient (Wildman–Crippen LogP) is 2.05. The number of aliphatic hydroxyl groups is 1. The maximum absolute atomic E-state index is 9.48. The van der Waals surface area contributed by atoms with Crippen LogP contribution in [0.1, 0.15) is 24.4 Å². The Labute approximate surface area is 86.7 Å². The highest BCUT2D eigenvalue weighted by Crippen LogP contribution is 2.14. The van der Waals surface area contributed by atoms with E-state index in [2.05, 4.69) is 4.98 Å². The topological polar surface area (TPSA) is 38.0 Å². The zero-order chi connectivity index (χ0) is 9.97. The SMILES string of the molecule is CC(O)c1cccn1Cc1cscn1. The van der Waals surface area contributed by atoms with E-state index in [0.29, 0.717) is 0 Å². The van der Waals surface area contributed by atoms with Gasteiger partial charge in [0, 0.05) is 17.3 Å². The molecular formula is C10H12N2OS. The summed E-state index contributed by atoms with van der Waals surface area (Å²) in [7, 11) is 0. The molecule has 0 saturated carbocycles. The maximum Gasteiger partial charge on any atom is 0.0911 e. The Kier molecular flexibility index (Phi) is 2.65. The van der Waals surface area contributed by atoms with E-state index in [0.717, 1.165) is 17.9 Å². The zero-order valence-electron chi connectivity index (χ0n) is 7.92. The van der Waals surface area contributed by atoms with E-state index in [4.69, 9.17) is 0 Å². The van der Waals surface area contributed by atoms with E-state index in [1.54, 1.807) is 18.3 Å². The van der Waals surface area contributed by atoms with Crippen molar-refractivity contribution < 1.29 is 5.11 Å². The Morgan fingerprint density at radius 2 is 2.50 bits per heavy atom. The average Bonchev–Trinajstić information content (AvgIpc) is 2.75. The summed E-state index contributed by atoms with van der Waals surface area (Å²) in [5.74, 6) is 0. The van der Waals surface area contributed by atoms with Crippen LogP contribution in [0.4, 0.5) is 0 Å². The second-order valence-corrected chi connectivity index (χ2v) is 3.94. The van der Waals surface area contributed by atoms with Crippen LogP contribution in [0.3, 0.4) is 0 Å². The summed E-state index contributed by atoms with van der Waals surface area (Å²) in [6.45, 7) is 2.50. The summed E-state index contributed by atoms with van der Waals surface area (Å²) in [6, 6.07) is 3.87. The van der Waals surface area contributed by atoms with E-state index >= 15 is 0 Å². The second-order valence-electron chi connectivity index (χ2n) is 3.22. The van der Waals surface area contributed by atoms with Crippen molar-refractivity contribution in [1.29, 1.82) is 0 Å². The Bertz CT molecular complexity index is 392. The molecule has 0 amide bonds. The van der Waals surface area contributed by atoms with Gasteiger partial charge in [-0.05, 0) is 19.1 Å². The zero-order valence-corrected chi connectivity index (χ0v) is 8.74. The van der Waals surface area contributed by atoms with Gasteiger partial charge < -0.3 is 9.67 Å². The average molecular weight is 208 g/mol. The first-order chi connectivity index (χ1) is 6.77. The first kappa shape index (κ1) is 9.43. The maximum atomic E-state index is 9.48. The molecule has 1 unspecified atom stereocenters. The van der Waals surface area contributed by atoms with Gasteiger partial charge in [-0.2, -0.15) is 0 Å². The minimum Gasteiger partial charge on any atom is -0.387 e. The molecular weight excluding hydrogens is 196 g/mol. The summed E-state index contributed by atoms with van der Waals surface area (Å²) >= 11 is 1.59. The lowest BCUT2D eigenvalue weighted by Crippen LogP contribution is -2.05. The molecule has 2 heterocycles. The van der Waals surface area contributed by atoms with Crippen molar-refractivity contribution in [1.82, 2.24) is 9.55 Å². The molecule has 0 bridgehead atoms. The molecule has 14 heavy (non-hydrogen) atoms. The van der Waals surface area contributed by atoms with E-state index in [-0.39, 0.29) is 0 Å². The van der Waals surface area contributed by atoms with E-state index in [1.165, 1.54) is 0 Å². The van der Waals surface area contributed by atoms with Gasteiger partial charge in [-0.3, -0.25) is 0 Å². The number of aliphatic hydroxyl groups excluding tert-OH is 1. The summed E-state index contributed by atoms with van der Waals surface area (Å²) in [5, 5.41) is 11.5. The summed E-state index contributed by atoms with van der Waals surface area (Å²) in [6.07, 6.45) is 1.53. The fraction of sp³-hybridized carbons (Fsp3) is 0.300. The molecule has 0 aliphatic rings. The van der Waals surface area contributed by atoms with Crippen LogP contribution >= 0.6 is 11.3 Å². The van der Waals surface area contributed by atoms with Crippen molar-refractivity contribution in [3.8, 4) is 0 Å². The highest BCUT2D eigenvalue weighted by molar-refractivity contribution is 7.07. The van der Waals surface area contributed by atoms with Gasteiger partial charge in [-0.1, -0.05) is 0 Å². The molecule has 0 aromatic carbocycles. The summed E-state index contributed by atoms with van der Waals surface area (Å²) < 4.78 is 2.01. The lowest BCUT2D eigenvalue weighted by molar-refractivity contribution is 0.189. The molecule has 74 valence electrons. The van der Waals surface area contributed by atoms with E-state index in [9.17, 15) is 5.11 Å². The minimum absolute atomic E-state index is 0.427. The fourth-order valence-electron chi connectivity index (χ4n) is 1.44. The standard InChI is InChI=1S/C10H12N2OS/c1-8(13)10-3-2-4-12(10)5-9-6-14-7-11-9/h2-4,6-8,13H,5H2,1H3. The molecule has 3 nitrogen and oxygen atoms in total. The molecule has 4 heteroatoms. The summed E-state index contributed by atoms with van der Waals surface area (Å²) in [5.41, 5.74) is 3.78. The van der Waals surface area contributed by atoms with Crippen LogP contribution in [0.2, 0.25) is 0 Å². The van der Waals surface area contributed by atoms with Crippen molar-refractivity contribution in [2.24, 2.45) is 0 Å². The normalized spacial score (nSPS) is 13.0. The molecule has 1 atom stereocenters. The number of rotatable bonds is 3. The molecule has 0 radical (unpaired) electrons. The van der Waals surface area contributed by atoms with Gasteiger partial charge in [-0.25, -0.2) is 4.98 Å². The fourth-order valence-corrected chi connectivity index (χ4v) is 1.99. The third kappa shape index (κ3) is 1.86. The minimum atomic E-state index is -0.427. The van der Waals surface area contributed by atoms with Gasteiger partial charge in [-0.15, -0.1) is 11.3 Å². The molecule has 2 aromatic rings. The Morgan fingerprint density at radius 3 is 3.14 bits per heavy atom. The lowest BCUT2D eigenvalue weighted by atomic mass is 10.3. The van der Waals surface area contributed by atoms with Gasteiger partial charge in [0.25, 0.3) is 0 Å². The van der Waals surface area contributed by atoms with Gasteiger partial charge in [0.1, 0.15) is 0 Å². The predicted molar refractivity (Wildman–Crippen MR) is 56.3 cm³/mol. The van der Waals surface area contributed by atoms with E-state index in [1.807, 2.05) is 33.8 Å². The Morgan fingerprint density at radius 1 is 1.64 bits per heavy atom. The van der Waals surface area contributed by atoms with Crippen LogP contribution in [0, 0.1) is 0 Å². The molecule has 2 aromatic heterocycles. The third-order valence-electron chi connectivity index (χ3n) is 2.11. The second kappa shape index (κ2) is 3.94. The van der Waals surface area contributed by atoms with Crippen molar-refractivity contribution in [2.75, 3.05) is 0 Å². The molecule has 0 saturated heterocycles. The largest absolute Gasteiger partial charge is 0.387 e. The molecule has 2 rings (SSSR count). The van der Waals surface area contributed by atoms with Crippen LogP contribution in [-0.4, -0.2) is 14.7 Å². The van der Waals surface area contributed by atoms with Gasteiger partial charge in [0.2, 0.25) is 0 Å². The van der Waals surface area contributed by atoms with Crippen molar-refractivity contribution >= 4 is 11.3 Å². The molecule has 1 N–H and O–H groups in total.